The molecule has 5 heteroatoms. The summed E-state index contributed by atoms with van der Waals surface area (Å²) in [7, 11) is 0. The Labute approximate surface area is 103 Å². The second-order valence-electron chi connectivity index (χ2n) is 4.41. The van der Waals surface area contributed by atoms with E-state index in [1.807, 2.05) is 18.7 Å². The number of carbonyl (C=O) groups is 2. The molecule has 1 fully saturated rings. The standard InChI is InChI=1S/C12H23N3O2/c1-3-13-12(17)10(2)14-7-6-11(16)15-8-4-5-9-15/h10,14H,3-9H2,1-2H3,(H,13,17). The Morgan fingerprint density at radius 2 is 1.94 bits per heavy atom. The van der Waals surface area contributed by atoms with Crippen LogP contribution in [0.25, 0.3) is 0 Å². The van der Waals surface area contributed by atoms with Gasteiger partial charge in [-0.05, 0) is 26.7 Å². The van der Waals surface area contributed by atoms with Crippen LogP contribution in [0.4, 0.5) is 0 Å². The van der Waals surface area contributed by atoms with Gasteiger partial charge in [-0.15, -0.1) is 0 Å². The van der Waals surface area contributed by atoms with Crippen molar-refractivity contribution in [3.63, 3.8) is 0 Å². The second-order valence-corrected chi connectivity index (χ2v) is 4.41. The van der Waals surface area contributed by atoms with Gasteiger partial charge in [0, 0.05) is 32.6 Å². The van der Waals surface area contributed by atoms with Gasteiger partial charge in [0.05, 0.1) is 6.04 Å². The molecule has 0 aromatic heterocycles. The Morgan fingerprint density at radius 3 is 2.53 bits per heavy atom. The first-order chi connectivity index (χ1) is 8.15. The molecule has 1 heterocycles. The van der Waals surface area contributed by atoms with Crippen LogP contribution in [0.2, 0.25) is 0 Å². The van der Waals surface area contributed by atoms with E-state index in [0.29, 0.717) is 19.5 Å². The molecule has 2 N–H and O–H groups in total. The molecule has 17 heavy (non-hydrogen) atoms. The third-order valence-corrected chi connectivity index (χ3v) is 2.99. The van der Waals surface area contributed by atoms with Gasteiger partial charge in [-0.3, -0.25) is 9.59 Å². The van der Waals surface area contributed by atoms with Crippen LogP contribution in [0.3, 0.4) is 0 Å². The number of carbonyl (C=O) groups excluding carboxylic acids is 2. The summed E-state index contributed by atoms with van der Waals surface area (Å²) in [6.07, 6.45) is 2.71. The Balaban J connectivity index is 2.14. The highest BCUT2D eigenvalue weighted by Gasteiger charge is 2.18. The van der Waals surface area contributed by atoms with Crippen molar-refractivity contribution in [3.05, 3.63) is 0 Å². The fourth-order valence-corrected chi connectivity index (χ4v) is 1.94. The number of nitrogens with zero attached hydrogens (tertiary/aromatic N) is 1. The van der Waals surface area contributed by atoms with Crippen LogP contribution in [0.1, 0.15) is 33.1 Å². The third-order valence-electron chi connectivity index (χ3n) is 2.99. The van der Waals surface area contributed by atoms with Crippen molar-refractivity contribution >= 4 is 11.8 Å². The first-order valence-corrected chi connectivity index (χ1v) is 6.44. The van der Waals surface area contributed by atoms with Crippen LogP contribution in [-0.2, 0) is 9.59 Å². The highest BCUT2D eigenvalue weighted by atomic mass is 16.2. The van der Waals surface area contributed by atoms with Crippen molar-refractivity contribution in [2.24, 2.45) is 0 Å². The fourth-order valence-electron chi connectivity index (χ4n) is 1.94. The maximum Gasteiger partial charge on any atom is 0.236 e. The molecule has 1 rings (SSSR count). The van der Waals surface area contributed by atoms with Gasteiger partial charge in [0.2, 0.25) is 11.8 Å². The molecule has 1 unspecified atom stereocenters. The largest absolute Gasteiger partial charge is 0.355 e. The molecule has 1 atom stereocenters. The van der Waals surface area contributed by atoms with Crippen LogP contribution in [-0.4, -0.2) is 48.9 Å². The lowest BCUT2D eigenvalue weighted by Crippen LogP contribution is -2.43. The van der Waals surface area contributed by atoms with Crippen molar-refractivity contribution in [1.29, 1.82) is 0 Å². The van der Waals surface area contributed by atoms with Crippen molar-refractivity contribution in [2.75, 3.05) is 26.2 Å². The quantitative estimate of drug-likeness (QED) is 0.694. The van der Waals surface area contributed by atoms with Gasteiger partial charge in [-0.2, -0.15) is 0 Å². The van der Waals surface area contributed by atoms with Crippen molar-refractivity contribution in [2.45, 2.75) is 39.2 Å². The average molecular weight is 241 g/mol. The first-order valence-electron chi connectivity index (χ1n) is 6.44. The molecule has 2 amide bonds. The number of nitrogens with one attached hydrogen (secondary N) is 2. The monoisotopic (exact) mass is 241 g/mol. The topological polar surface area (TPSA) is 61.4 Å². The lowest BCUT2D eigenvalue weighted by molar-refractivity contribution is -0.130. The molecule has 0 spiro atoms. The minimum Gasteiger partial charge on any atom is -0.355 e. The maximum atomic E-state index is 11.7. The Hall–Kier alpha value is -1.10. The van der Waals surface area contributed by atoms with E-state index in [2.05, 4.69) is 10.6 Å². The number of hydrogen-bond acceptors (Lipinski definition) is 3. The Kier molecular flexibility index (Phi) is 5.97. The van der Waals surface area contributed by atoms with Crippen molar-refractivity contribution < 1.29 is 9.59 Å². The molecule has 0 aliphatic carbocycles. The van der Waals surface area contributed by atoms with Gasteiger partial charge in [0.1, 0.15) is 0 Å². The number of likely N-dealkylation sites (N-methyl/N-ethyl adjacent to an activating group) is 1. The summed E-state index contributed by atoms with van der Waals surface area (Å²) >= 11 is 0. The van der Waals surface area contributed by atoms with E-state index in [-0.39, 0.29) is 17.9 Å². The minimum absolute atomic E-state index is 0.0129. The molecular weight excluding hydrogens is 218 g/mol. The van der Waals surface area contributed by atoms with Crippen LogP contribution in [0.15, 0.2) is 0 Å². The molecule has 0 bridgehead atoms. The molecule has 0 saturated carbocycles. The highest BCUT2D eigenvalue weighted by Crippen LogP contribution is 2.08. The fraction of sp³-hybridized carbons (Fsp3) is 0.833. The van der Waals surface area contributed by atoms with Crippen LogP contribution >= 0.6 is 0 Å². The predicted octanol–water partition coefficient (Wildman–Crippen LogP) is 0.113. The second kappa shape index (κ2) is 7.27. The van der Waals surface area contributed by atoms with Gasteiger partial charge < -0.3 is 15.5 Å². The summed E-state index contributed by atoms with van der Waals surface area (Å²) in [5, 5.41) is 5.80. The zero-order valence-corrected chi connectivity index (χ0v) is 10.8. The zero-order chi connectivity index (χ0) is 12.7. The minimum atomic E-state index is -0.235. The van der Waals surface area contributed by atoms with Gasteiger partial charge >= 0.3 is 0 Å². The molecule has 1 aliphatic heterocycles. The van der Waals surface area contributed by atoms with Crippen LogP contribution < -0.4 is 10.6 Å². The summed E-state index contributed by atoms with van der Waals surface area (Å²) < 4.78 is 0. The zero-order valence-electron chi connectivity index (χ0n) is 10.8. The average Bonchev–Trinajstić information content (AvgIpc) is 2.82. The van der Waals surface area contributed by atoms with E-state index in [1.54, 1.807) is 0 Å². The van der Waals surface area contributed by atoms with Gasteiger partial charge in [0.25, 0.3) is 0 Å². The lowest BCUT2D eigenvalue weighted by atomic mass is 10.3. The number of hydrogen-bond donors (Lipinski definition) is 2. The number of amides is 2. The van der Waals surface area contributed by atoms with Crippen molar-refractivity contribution in [3.8, 4) is 0 Å². The molecule has 98 valence electrons. The molecule has 5 nitrogen and oxygen atoms in total. The Morgan fingerprint density at radius 1 is 1.29 bits per heavy atom. The number of rotatable bonds is 6. The Bertz CT molecular complexity index is 262. The van der Waals surface area contributed by atoms with Crippen molar-refractivity contribution in [1.82, 2.24) is 15.5 Å². The normalized spacial score (nSPS) is 16.9. The highest BCUT2D eigenvalue weighted by molar-refractivity contribution is 5.81. The molecule has 0 aromatic carbocycles. The van der Waals surface area contributed by atoms with E-state index < -0.39 is 0 Å². The summed E-state index contributed by atoms with van der Waals surface area (Å²) in [4.78, 5) is 25.0. The molecule has 1 saturated heterocycles. The SMILES string of the molecule is CCNC(=O)C(C)NCCC(=O)N1CCCC1. The summed E-state index contributed by atoms with van der Waals surface area (Å²) in [6.45, 7) is 6.69. The van der Waals surface area contributed by atoms with E-state index in [4.69, 9.17) is 0 Å². The van der Waals surface area contributed by atoms with Gasteiger partial charge in [-0.25, -0.2) is 0 Å². The predicted molar refractivity (Wildman–Crippen MR) is 66.6 cm³/mol. The van der Waals surface area contributed by atoms with E-state index in [1.165, 1.54) is 0 Å². The number of likely N-dealkylation sites (tertiary alicyclic amines) is 1. The van der Waals surface area contributed by atoms with E-state index in [0.717, 1.165) is 25.9 Å². The molecular formula is C12H23N3O2. The van der Waals surface area contributed by atoms with Crippen LogP contribution in [0.5, 0.6) is 0 Å². The maximum absolute atomic E-state index is 11.7. The van der Waals surface area contributed by atoms with E-state index >= 15 is 0 Å². The first kappa shape index (κ1) is 14.0. The van der Waals surface area contributed by atoms with Gasteiger partial charge in [-0.1, -0.05) is 0 Å². The molecule has 1 aliphatic rings. The summed E-state index contributed by atoms with van der Waals surface area (Å²) in [6, 6.07) is -0.235. The smallest absolute Gasteiger partial charge is 0.236 e. The third kappa shape index (κ3) is 4.73. The van der Waals surface area contributed by atoms with E-state index in [9.17, 15) is 9.59 Å². The summed E-state index contributed by atoms with van der Waals surface area (Å²) in [5.41, 5.74) is 0. The van der Waals surface area contributed by atoms with Gasteiger partial charge in [0.15, 0.2) is 0 Å². The van der Waals surface area contributed by atoms with Crippen LogP contribution in [0, 0.1) is 0 Å². The molecule has 0 aromatic rings. The summed E-state index contributed by atoms with van der Waals surface area (Å²) in [5.74, 6) is 0.180. The molecule has 0 radical (unpaired) electrons. The lowest BCUT2D eigenvalue weighted by Gasteiger charge is -2.17.